The fourth-order valence-corrected chi connectivity index (χ4v) is 3.21. The van der Waals surface area contributed by atoms with Crippen molar-refractivity contribution in [3.63, 3.8) is 0 Å². The molecule has 0 saturated carbocycles. The topological polar surface area (TPSA) is 77.6 Å². The minimum absolute atomic E-state index is 0.481. The molecule has 0 unspecified atom stereocenters. The molecule has 3 aromatic heterocycles. The van der Waals surface area contributed by atoms with Gasteiger partial charge >= 0.3 is 0 Å². The van der Waals surface area contributed by atoms with Crippen molar-refractivity contribution in [2.45, 2.75) is 41.5 Å². The molecule has 3 aromatic rings. The highest BCUT2D eigenvalue weighted by molar-refractivity contribution is 7.21. The molecule has 0 atom stereocenters. The van der Waals surface area contributed by atoms with Gasteiger partial charge in [-0.2, -0.15) is 0 Å². The Morgan fingerprint density at radius 1 is 1.00 bits per heavy atom. The van der Waals surface area contributed by atoms with Gasteiger partial charge in [-0.1, -0.05) is 20.8 Å². The normalized spacial score (nSPS) is 10.7. The van der Waals surface area contributed by atoms with Crippen molar-refractivity contribution in [2.75, 3.05) is 5.73 Å². The molecule has 0 fully saturated rings. The second-order valence-corrected chi connectivity index (χ2v) is 7.14. The number of hydrogen-bond donors (Lipinski definition) is 1. The molecule has 3 rings (SSSR count). The van der Waals surface area contributed by atoms with Gasteiger partial charge in [0.25, 0.3) is 0 Å². The first-order chi connectivity index (χ1) is 10.8. The number of nitrogen functional groups attached to an aromatic ring is 1. The summed E-state index contributed by atoms with van der Waals surface area (Å²) in [6, 6.07) is 1.96. The van der Waals surface area contributed by atoms with Crippen LogP contribution in [0.15, 0.2) is 12.3 Å². The van der Waals surface area contributed by atoms with E-state index in [0.29, 0.717) is 11.6 Å². The van der Waals surface area contributed by atoms with Gasteiger partial charge in [0.2, 0.25) is 0 Å². The molecule has 23 heavy (non-hydrogen) atoms. The van der Waals surface area contributed by atoms with Crippen LogP contribution in [-0.2, 0) is 0 Å². The average molecular weight is 329 g/mol. The lowest BCUT2D eigenvalue weighted by molar-refractivity contribution is 0.737. The highest BCUT2D eigenvalue weighted by Crippen LogP contribution is 2.34. The van der Waals surface area contributed by atoms with Crippen molar-refractivity contribution in [1.82, 2.24) is 19.9 Å². The van der Waals surface area contributed by atoms with E-state index < -0.39 is 0 Å². The molecule has 0 aliphatic rings. The SMILES string of the molecule is CC(C)C.Cc1nc(C)c(-c2nc3c(C)nccc3s2)c(N)n1. The lowest BCUT2D eigenvalue weighted by Crippen LogP contribution is -2.01. The summed E-state index contributed by atoms with van der Waals surface area (Å²) in [5, 5.41) is 0.848. The number of aromatic nitrogens is 4. The molecule has 2 N–H and O–H groups in total. The Bertz CT molecular complexity index is 797. The van der Waals surface area contributed by atoms with E-state index in [0.717, 1.165) is 38.1 Å². The molecule has 0 amide bonds. The number of nitrogens with two attached hydrogens (primary N) is 1. The molecule has 0 aromatic carbocycles. The third-order valence-electron chi connectivity index (χ3n) is 2.93. The molecule has 0 saturated heterocycles. The van der Waals surface area contributed by atoms with Gasteiger partial charge in [-0.15, -0.1) is 11.3 Å². The molecule has 3 heterocycles. The van der Waals surface area contributed by atoms with Crippen LogP contribution in [0.1, 0.15) is 38.0 Å². The number of hydrogen-bond acceptors (Lipinski definition) is 6. The van der Waals surface area contributed by atoms with Crippen LogP contribution in [0.3, 0.4) is 0 Å². The maximum absolute atomic E-state index is 6.01. The fraction of sp³-hybridized carbons (Fsp3) is 0.412. The van der Waals surface area contributed by atoms with Gasteiger partial charge < -0.3 is 5.73 Å². The van der Waals surface area contributed by atoms with Gasteiger partial charge in [0, 0.05) is 6.20 Å². The van der Waals surface area contributed by atoms with Crippen LogP contribution in [0.2, 0.25) is 0 Å². The first-order valence-corrected chi connectivity index (χ1v) is 8.44. The van der Waals surface area contributed by atoms with E-state index in [-0.39, 0.29) is 0 Å². The van der Waals surface area contributed by atoms with Crippen LogP contribution in [0.5, 0.6) is 0 Å². The summed E-state index contributed by atoms with van der Waals surface area (Å²) in [4.78, 5) is 17.5. The zero-order chi connectivity index (χ0) is 17.1. The number of thiazole rings is 1. The van der Waals surface area contributed by atoms with Crippen molar-refractivity contribution >= 4 is 27.4 Å². The predicted molar refractivity (Wildman–Crippen MR) is 97.6 cm³/mol. The Morgan fingerprint density at radius 3 is 2.22 bits per heavy atom. The Morgan fingerprint density at radius 2 is 1.65 bits per heavy atom. The Balaban J connectivity index is 0.000000433. The number of nitrogens with zero attached hydrogens (tertiary/aromatic N) is 4. The van der Waals surface area contributed by atoms with E-state index in [9.17, 15) is 0 Å². The van der Waals surface area contributed by atoms with Crippen molar-refractivity contribution in [2.24, 2.45) is 5.92 Å². The van der Waals surface area contributed by atoms with E-state index in [1.807, 2.05) is 26.8 Å². The van der Waals surface area contributed by atoms with Crippen LogP contribution in [-0.4, -0.2) is 19.9 Å². The predicted octanol–water partition coefficient (Wildman–Crippen LogP) is 4.32. The van der Waals surface area contributed by atoms with Crippen LogP contribution in [0, 0.1) is 26.7 Å². The maximum atomic E-state index is 6.01. The number of fused-ring (bicyclic) bond motifs is 1. The largest absolute Gasteiger partial charge is 0.383 e. The lowest BCUT2D eigenvalue weighted by atomic mass is 10.2. The van der Waals surface area contributed by atoms with E-state index in [4.69, 9.17) is 5.73 Å². The van der Waals surface area contributed by atoms with Crippen molar-refractivity contribution < 1.29 is 0 Å². The number of pyridine rings is 1. The average Bonchev–Trinajstić information content (AvgIpc) is 2.81. The molecule has 0 spiro atoms. The summed E-state index contributed by atoms with van der Waals surface area (Å²) in [7, 11) is 0. The molecule has 0 aliphatic carbocycles. The summed E-state index contributed by atoms with van der Waals surface area (Å²) < 4.78 is 1.10. The van der Waals surface area contributed by atoms with E-state index in [2.05, 4.69) is 40.7 Å². The number of rotatable bonds is 1. The molecule has 122 valence electrons. The standard InChI is InChI=1S/C13H13N5S.C4H10/c1-6-10(12(14)17-8(3)16-6)13-18-11-7(2)15-5-4-9(11)19-13;1-4(2)3/h4-5H,1-3H3,(H2,14,16,17);4H,1-3H3. The van der Waals surface area contributed by atoms with Crippen LogP contribution >= 0.6 is 11.3 Å². The van der Waals surface area contributed by atoms with Gasteiger partial charge in [0.05, 0.1) is 21.7 Å². The number of aryl methyl sites for hydroxylation is 3. The minimum atomic E-state index is 0.481. The highest BCUT2D eigenvalue weighted by atomic mass is 32.1. The van der Waals surface area contributed by atoms with E-state index in [1.165, 1.54) is 0 Å². The first-order valence-electron chi connectivity index (χ1n) is 7.62. The Hall–Kier alpha value is -2.08. The zero-order valence-electron chi connectivity index (χ0n) is 14.5. The van der Waals surface area contributed by atoms with E-state index >= 15 is 0 Å². The van der Waals surface area contributed by atoms with Gasteiger partial charge in [0.15, 0.2) is 0 Å². The third-order valence-corrected chi connectivity index (χ3v) is 3.97. The third kappa shape index (κ3) is 4.01. The molecule has 5 nitrogen and oxygen atoms in total. The van der Waals surface area contributed by atoms with Gasteiger partial charge in [-0.05, 0) is 32.8 Å². The summed E-state index contributed by atoms with van der Waals surface area (Å²) in [5.41, 5.74) is 9.53. The molecule has 0 radical (unpaired) electrons. The zero-order valence-corrected chi connectivity index (χ0v) is 15.3. The Kier molecular flexibility index (Phi) is 5.26. The summed E-state index contributed by atoms with van der Waals surface area (Å²) in [5.74, 6) is 1.99. The minimum Gasteiger partial charge on any atom is -0.383 e. The summed E-state index contributed by atoms with van der Waals surface area (Å²) >= 11 is 1.59. The maximum Gasteiger partial charge on any atom is 0.137 e. The highest BCUT2D eigenvalue weighted by Gasteiger charge is 2.15. The van der Waals surface area contributed by atoms with Crippen molar-refractivity contribution in [3.05, 3.63) is 29.5 Å². The van der Waals surface area contributed by atoms with Crippen LogP contribution < -0.4 is 5.73 Å². The first kappa shape index (κ1) is 17.3. The van der Waals surface area contributed by atoms with Crippen molar-refractivity contribution in [1.29, 1.82) is 0 Å². The summed E-state index contributed by atoms with van der Waals surface area (Å²) in [6.45, 7) is 12.2. The Labute approximate surface area is 141 Å². The monoisotopic (exact) mass is 329 g/mol. The van der Waals surface area contributed by atoms with Crippen molar-refractivity contribution in [3.8, 4) is 10.6 Å². The molecule has 0 aliphatic heterocycles. The lowest BCUT2D eigenvalue weighted by Gasteiger charge is -2.05. The second-order valence-electron chi connectivity index (χ2n) is 6.11. The molecular weight excluding hydrogens is 306 g/mol. The van der Waals surface area contributed by atoms with Crippen LogP contribution in [0.4, 0.5) is 5.82 Å². The molecule has 0 bridgehead atoms. The smallest absolute Gasteiger partial charge is 0.137 e. The van der Waals surface area contributed by atoms with E-state index in [1.54, 1.807) is 17.5 Å². The van der Waals surface area contributed by atoms with Gasteiger partial charge in [-0.3, -0.25) is 4.98 Å². The number of anilines is 1. The quantitative estimate of drug-likeness (QED) is 0.719. The summed E-state index contributed by atoms with van der Waals surface area (Å²) in [6.07, 6.45) is 1.79. The van der Waals surface area contributed by atoms with Crippen LogP contribution in [0.25, 0.3) is 20.8 Å². The van der Waals surface area contributed by atoms with Gasteiger partial charge in [-0.25, -0.2) is 15.0 Å². The fourth-order valence-electron chi connectivity index (χ4n) is 2.09. The van der Waals surface area contributed by atoms with Gasteiger partial charge in [0.1, 0.15) is 22.2 Å². The second kappa shape index (κ2) is 7.00. The molecular formula is C17H23N5S. The molecule has 6 heteroatoms.